The average Bonchev–Trinajstić information content (AvgIpc) is 2.71. The number of amides is 1. The zero-order chi connectivity index (χ0) is 12.4. The second-order valence-electron chi connectivity index (χ2n) is 4.39. The highest BCUT2D eigenvalue weighted by Crippen LogP contribution is 2.25. The SMILES string of the molecule is CCC(C)N1C(=O)CNC1c1ccc(F)cc1. The van der Waals surface area contributed by atoms with Crippen molar-refractivity contribution in [3.63, 3.8) is 0 Å². The van der Waals surface area contributed by atoms with Crippen LogP contribution in [0.15, 0.2) is 24.3 Å². The van der Waals surface area contributed by atoms with Crippen molar-refractivity contribution in [1.29, 1.82) is 0 Å². The maximum absolute atomic E-state index is 12.9. The number of carbonyl (C=O) groups excluding carboxylic acids is 1. The molecule has 1 aromatic rings. The first kappa shape index (κ1) is 12.0. The first-order valence-corrected chi connectivity index (χ1v) is 5.93. The van der Waals surface area contributed by atoms with Gasteiger partial charge >= 0.3 is 0 Å². The Labute approximate surface area is 101 Å². The van der Waals surface area contributed by atoms with Gasteiger partial charge in [0.2, 0.25) is 5.91 Å². The lowest BCUT2D eigenvalue weighted by Gasteiger charge is -2.30. The fourth-order valence-electron chi connectivity index (χ4n) is 2.14. The predicted octanol–water partition coefficient (Wildman–Crippen LogP) is 2.05. The maximum atomic E-state index is 12.9. The summed E-state index contributed by atoms with van der Waals surface area (Å²) in [6, 6.07) is 6.48. The van der Waals surface area contributed by atoms with Gasteiger partial charge < -0.3 is 4.90 Å². The van der Waals surface area contributed by atoms with E-state index in [0.29, 0.717) is 6.54 Å². The van der Waals surface area contributed by atoms with E-state index in [1.807, 2.05) is 11.8 Å². The molecule has 2 atom stereocenters. The van der Waals surface area contributed by atoms with Crippen LogP contribution < -0.4 is 5.32 Å². The van der Waals surface area contributed by atoms with Gasteiger partial charge in [0.25, 0.3) is 0 Å². The second-order valence-corrected chi connectivity index (χ2v) is 4.39. The lowest BCUT2D eigenvalue weighted by atomic mass is 10.1. The van der Waals surface area contributed by atoms with E-state index < -0.39 is 0 Å². The van der Waals surface area contributed by atoms with E-state index in [1.165, 1.54) is 12.1 Å². The summed E-state index contributed by atoms with van der Waals surface area (Å²) in [5.41, 5.74) is 0.928. The third kappa shape index (κ3) is 2.31. The van der Waals surface area contributed by atoms with Crippen molar-refractivity contribution in [2.75, 3.05) is 6.54 Å². The van der Waals surface area contributed by atoms with Crippen LogP contribution in [0, 0.1) is 5.82 Å². The molecule has 1 N–H and O–H groups in total. The summed E-state index contributed by atoms with van der Waals surface area (Å²) in [5, 5.41) is 3.16. The van der Waals surface area contributed by atoms with Crippen LogP contribution in [0.4, 0.5) is 4.39 Å². The van der Waals surface area contributed by atoms with E-state index >= 15 is 0 Å². The van der Waals surface area contributed by atoms with Crippen molar-refractivity contribution in [3.05, 3.63) is 35.6 Å². The number of halogens is 1. The van der Waals surface area contributed by atoms with Crippen LogP contribution in [0.25, 0.3) is 0 Å². The number of nitrogens with one attached hydrogen (secondary N) is 1. The molecule has 0 bridgehead atoms. The number of carbonyl (C=O) groups is 1. The lowest BCUT2D eigenvalue weighted by molar-refractivity contribution is -0.130. The molecule has 4 heteroatoms. The van der Waals surface area contributed by atoms with Crippen molar-refractivity contribution in [2.45, 2.75) is 32.5 Å². The normalized spacial score (nSPS) is 21.9. The third-order valence-electron chi connectivity index (χ3n) is 3.26. The van der Waals surface area contributed by atoms with Crippen molar-refractivity contribution in [3.8, 4) is 0 Å². The van der Waals surface area contributed by atoms with E-state index in [0.717, 1.165) is 12.0 Å². The Morgan fingerprint density at radius 1 is 1.47 bits per heavy atom. The molecule has 92 valence electrons. The van der Waals surface area contributed by atoms with E-state index in [4.69, 9.17) is 0 Å². The van der Waals surface area contributed by atoms with E-state index in [2.05, 4.69) is 12.2 Å². The summed E-state index contributed by atoms with van der Waals surface area (Å²) in [6.45, 7) is 4.44. The Bertz CT molecular complexity index is 404. The van der Waals surface area contributed by atoms with Gasteiger partial charge in [-0.05, 0) is 31.0 Å². The van der Waals surface area contributed by atoms with Gasteiger partial charge in [-0.2, -0.15) is 0 Å². The van der Waals surface area contributed by atoms with Gasteiger partial charge in [0.1, 0.15) is 12.0 Å². The number of nitrogens with zero attached hydrogens (tertiary/aromatic N) is 1. The van der Waals surface area contributed by atoms with Crippen LogP contribution in [0.2, 0.25) is 0 Å². The summed E-state index contributed by atoms with van der Waals surface area (Å²) in [4.78, 5) is 13.7. The van der Waals surface area contributed by atoms with Crippen LogP contribution in [0.1, 0.15) is 32.0 Å². The second kappa shape index (κ2) is 4.84. The average molecular weight is 236 g/mol. The minimum Gasteiger partial charge on any atom is -0.319 e. The van der Waals surface area contributed by atoms with E-state index in [9.17, 15) is 9.18 Å². The molecule has 17 heavy (non-hydrogen) atoms. The summed E-state index contributed by atoms with van der Waals surface area (Å²) >= 11 is 0. The van der Waals surface area contributed by atoms with Crippen molar-refractivity contribution in [2.24, 2.45) is 0 Å². The largest absolute Gasteiger partial charge is 0.319 e. The lowest BCUT2D eigenvalue weighted by Crippen LogP contribution is -2.37. The third-order valence-corrected chi connectivity index (χ3v) is 3.26. The summed E-state index contributed by atoms with van der Waals surface area (Å²) in [5.74, 6) is -0.151. The molecule has 0 saturated carbocycles. The van der Waals surface area contributed by atoms with Gasteiger partial charge in [-0.3, -0.25) is 10.1 Å². The van der Waals surface area contributed by atoms with Crippen LogP contribution in [0.3, 0.4) is 0 Å². The van der Waals surface area contributed by atoms with Gasteiger partial charge in [0.15, 0.2) is 0 Å². The molecule has 1 aliphatic heterocycles. The Hall–Kier alpha value is -1.42. The maximum Gasteiger partial charge on any atom is 0.238 e. The van der Waals surface area contributed by atoms with Gasteiger partial charge in [-0.15, -0.1) is 0 Å². The monoisotopic (exact) mass is 236 g/mol. The van der Waals surface area contributed by atoms with Gasteiger partial charge in [-0.25, -0.2) is 4.39 Å². The summed E-state index contributed by atoms with van der Waals surface area (Å²) in [6.07, 6.45) is 0.781. The number of benzene rings is 1. The molecule has 1 amide bonds. The minimum atomic E-state index is -0.256. The van der Waals surface area contributed by atoms with Gasteiger partial charge in [0.05, 0.1) is 6.54 Å². The van der Waals surface area contributed by atoms with E-state index in [1.54, 1.807) is 12.1 Å². The highest BCUT2D eigenvalue weighted by molar-refractivity contribution is 5.81. The van der Waals surface area contributed by atoms with Crippen LogP contribution in [0.5, 0.6) is 0 Å². The Balaban J connectivity index is 2.25. The molecule has 1 aliphatic rings. The fourth-order valence-corrected chi connectivity index (χ4v) is 2.14. The molecule has 0 radical (unpaired) electrons. The Kier molecular flexibility index (Phi) is 3.43. The first-order valence-electron chi connectivity index (χ1n) is 5.93. The molecule has 0 spiro atoms. The smallest absolute Gasteiger partial charge is 0.238 e. The Morgan fingerprint density at radius 3 is 2.71 bits per heavy atom. The first-order chi connectivity index (χ1) is 8.13. The molecular weight excluding hydrogens is 219 g/mol. The molecule has 3 nitrogen and oxygen atoms in total. The molecular formula is C13H17FN2O. The molecule has 0 aromatic heterocycles. The molecule has 0 aliphatic carbocycles. The molecule has 1 fully saturated rings. The molecule has 2 rings (SSSR count). The molecule has 1 aromatic carbocycles. The zero-order valence-corrected chi connectivity index (χ0v) is 10.1. The quantitative estimate of drug-likeness (QED) is 0.871. The predicted molar refractivity (Wildman–Crippen MR) is 63.7 cm³/mol. The van der Waals surface area contributed by atoms with Crippen LogP contribution in [-0.2, 0) is 4.79 Å². The number of hydrogen-bond acceptors (Lipinski definition) is 2. The number of hydrogen-bond donors (Lipinski definition) is 1. The molecule has 1 heterocycles. The van der Waals surface area contributed by atoms with Gasteiger partial charge in [-0.1, -0.05) is 19.1 Å². The van der Waals surface area contributed by atoms with E-state index in [-0.39, 0.29) is 23.9 Å². The van der Waals surface area contributed by atoms with Crippen molar-refractivity contribution in [1.82, 2.24) is 10.2 Å². The standard InChI is InChI=1S/C13H17FN2O/c1-3-9(2)16-12(17)8-15-13(16)10-4-6-11(14)7-5-10/h4-7,9,13,15H,3,8H2,1-2H3. The highest BCUT2D eigenvalue weighted by Gasteiger charge is 2.34. The van der Waals surface area contributed by atoms with Crippen LogP contribution >= 0.6 is 0 Å². The van der Waals surface area contributed by atoms with Gasteiger partial charge in [0, 0.05) is 6.04 Å². The molecule has 1 saturated heterocycles. The zero-order valence-electron chi connectivity index (χ0n) is 10.1. The van der Waals surface area contributed by atoms with Crippen molar-refractivity contribution >= 4 is 5.91 Å². The molecule has 2 unspecified atom stereocenters. The number of rotatable bonds is 3. The Morgan fingerprint density at radius 2 is 2.12 bits per heavy atom. The topological polar surface area (TPSA) is 32.3 Å². The fraction of sp³-hybridized carbons (Fsp3) is 0.462. The van der Waals surface area contributed by atoms with Crippen molar-refractivity contribution < 1.29 is 9.18 Å². The minimum absolute atomic E-state index is 0.105. The van der Waals surface area contributed by atoms with Crippen LogP contribution in [-0.4, -0.2) is 23.4 Å². The summed E-state index contributed by atoms with van der Waals surface area (Å²) in [7, 11) is 0. The summed E-state index contributed by atoms with van der Waals surface area (Å²) < 4.78 is 12.9. The highest BCUT2D eigenvalue weighted by atomic mass is 19.1.